The van der Waals surface area contributed by atoms with E-state index in [9.17, 15) is 14.4 Å². The van der Waals surface area contributed by atoms with Gasteiger partial charge >= 0.3 is 5.97 Å². The molecule has 5 heteroatoms. The van der Waals surface area contributed by atoms with Crippen LogP contribution in [0.15, 0.2) is 0 Å². The minimum absolute atomic E-state index is 0.00831. The molecule has 17 heavy (non-hydrogen) atoms. The summed E-state index contributed by atoms with van der Waals surface area (Å²) in [5.74, 6) is -1.99. The summed E-state index contributed by atoms with van der Waals surface area (Å²) in [6, 6.07) is 0. The first-order valence-electron chi connectivity index (χ1n) is 5.99. The van der Waals surface area contributed by atoms with Gasteiger partial charge in [0.15, 0.2) is 0 Å². The highest BCUT2D eigenvalue weighted by Gasteiger charge is 2.51. The number of imide groups is 1. The van der Waals surface area contributed by atoms with E-state index in [-0.39, 0.29) is 30.2 Å². The van der Waals surface area contributed by atoms with Gasteiger partial charge in [-0.15, -0.1) is 0 Å². The van der Waals surface area contributed by atoms with E-state index in [0.29, 0.717) is 5.92 Å². The van der Waals surface area contributed by atoms with Crippen LogP contribution in [-0.4, -0.2) is 34.3 Å². The summed E-state index contributed by atoms with van der Waals surface area (Å²) in [5.41, 5.74) is 0. The molecule has 0 aromatic carbocycles. The number of hydrogen-bond acceptors (Lipinski definition) is 3. The fourth-order valence-electron chi connectivity index (χ4n) is 2.88. The lowest BCUT2D eigenvalue weighted by molar-refractivity contribution is -0.145. The standard InChI is InChI=1S/C12H17NO4/c1-6-3-8-9(4-6)11(15)13(10(8)14)5-7(2)12(16)17/h6-9H,3-5H2,1-2H3,(H,16,17). The van der Waals surface area contributed by atoms with Crippen LogP contribution in [0.2, 0.25) is 0 Å². The zero-order valence-corrected chi connectivity index (χ0v) is 10.0. The number of fused-ring (bicyclic) bond motifs is 1. The van der Waals surface area contributed by atoms with Gasteiger partial charge in [-0.1, -0.05) is 13.8 Å². The molecule has 0 aromatic rings. The Bertz CT molecular complexity index is 355. The lowest BCUT2D eigenvalue weighted by atomic mass is 10.00. The molecule has 2 rings (SSSR count). The Labute approximate surface area is 99.8 Å². The minimum Gasteiger partial charge on any atom is -0.481 e. The zero-order chi connectivity index (χ0) is 12.7. The first-order chi connectivity index (χ1) is 7.91. The van der Waals surface area contributed by atoms with Crippen LogP contribution in [0.3, 0.4) is 0 Å². The summed E-state index contributed by atoms with van der Waals surface area (Å²) in [7, 11) is 0. The van der Waals surface area contributed by atoms with Crippen LogP contribution in [0.25, 0.3) is 0 Å². The molecule has 0 bridgehead atoms. The highest BCUT2D eigenvalue weighted by Crippen LogP contribution is 2.42. The maximum absolute atomic E-state index is 12.0. The third kappa shape index (κ3) is 1.94. The van der Waals surface area contributed by atoms with Crippen molar-refractivity contribution < 1.29 is 19.5 Å². The van der Waals surface area contributed by atoms with E-state index in [1.54, 1.807) is 0 Å². The largest absolute Gasteiger partial charge is 0.481 e. The number of likely N-dealkylation sites (tertiary alicyclic amines) is 1. The van der Waals surface area contributed by atoms with E-state index in [2.05, 4.69) is 0 Å². The van der Waals surface area contributed by atoms with Gasteiger partial charge in [0.25, 0.3) is 0 Å². The molecule has 0 spiro atoms. The molecule has 94 valence electrons. The number of carbonyl (C=O) groups excluding carboxylic acids is 2. The second kappa shape index (κ2) is 4.13. The molecule has 1 saturated heterocycles. The topological polar surface area (TPSA) is 74.7 Å². The van der Waals surface area contributed by atoms with Crippen LogP contribution in [0.5, 0.6) is 0 Å². The molecule has 1 N–H and O–H groups in total. The Hall–Kier alpha value is -1.39. The molecule has 1 heterocycles. The summed E-state index contributed by atoms with van der Waals surface area (Å²) < 4.78 is 0. The third-order valence-electron chi connectivity index (χ3n) is 3.84. The van der Waals surface area contributed by atoms with Gasteiger partial charge in [0, 0.05) is 6.54 Å². The normalized spacial score (nSPS) is 34.0. The molecule has 2 amide bonds. The molecule has 0 radical (unpaired) electrons. The first kappa shape index (κ1) is 12.1. The Kier molecular flexibility index (Phi) is 2.93. The summed E-state index contributed by atoms with van der Waals surface area (Å²) in [4.78, 5) is 35.9. The Morgan fingerprint density at radius 2 is 1.82 bits per heavy atom. The summed E-state index contributed by atoms with van der Waals surface area (Å²) in [6.07, 6.45) is 1.51. The number of carboxylic acids is 1. The molecule has 1 aliphatic carbocycles. The van der Waals surface area contributed by atoms with E-state index in [1.165, 1.54) is 6.92 Å². The van der Waals surface area contributed by atoms with Crippen molar-refractivity contribution in [2.45, 2.75) is 26.7 Å². The van der Waals surface area contributed by atoms with Crippen LogP contribution in [0.4, 0.5) is 0 Å². The van der Waals surface area contributed by atoms with Crippen molar-refractivity contribution in [2.75, 3.05) is 6.54 Å². The first-order valence-corrected chi connectivity index (χ1v) is 5.99. The van der Waals surface area contributed by atoms with Crippen LogP contribution in [0.1, 0.15) is 26.7 Å². The minimum atomic E-state index is -0.976. The molecular weight excluding hydrogens is 222 g/mol. The van der Waals surface area contributed by atoms with Gasteiger partial charge in [-0.05, 0) is 18.8 Å². The van der Waals surface area contributed by atoms with Crippen molar-refractivity contribution in [3.63, 3.8) is 0 Å². The van der Waals surface area contributed by atoms with Crippen LogP contribution >= 0.6 is 0 Å². The summed E-state index contributed by atoms with van der Waals surface area (Å²) >= 11 is 0. The number of carbonyl (C=O) groups is 3. The van der Waals surface area contributed by atoms with Gasteiger partial charge in [-0.3, -0.25) is 19.3 Å². The van der Waals surface area contributed by atoms with Crippen molar-refractivity contribution in [3.05, 3.63) is 0 Å². The fraction of sp³-hybridized carbons (Fsp3) is 0.750. The summed E-state index contributed by atoms with van der Waals surface area (Å²) in [6.45, 7) is 3.57. The number of hydrogen-bond donors (Lipinski definition) is 1. The quantitative estimate of drug-likeness (QED) is 0.737. The maximum Gasteiger partial charge on any atom is 0.308 e. The van der Waals surface area contributed by atoms with E-state index in [1.807, 2.05) is 6.92 Å². The lowest BCUT2D eigenvalue weighted by Crippen LogP contribution is -2.37. The van der Waals surface area contributed by atoms with Crippen molar-refractivity contribution in [1.29, 1.82) is 0 Å². The third-order valence-corrected chi connectivity index (χ3v) is 3.84. The van der Waals surface area contributed by atoms with Crippen molar-refractivity contribution >= 4 is 17.8 Å². The predicted octanol–water partition coefficient (Wildman–Crippen LogP) is 0.738. The molecule has 0 aromatic heterocycles. The zero-order valence-electron chi connectivity index (χ0n) is 10.0. The van der Waals surface area contributed by atoms with Gasteiger partial charge in [0.05, 0.1) is 17.8 Å². The molecular formula is C12H17NO4. The average molecular weight is 239 g/mol. The van der Waals surface area contributed by atoms with Gasteiger partial charge in [0.1, 0.15) is 0 Å². The van der Waals surface area contributed by atoms with Gasteiger partial charge in [-0.2, -0.15) is 0 Å². The van der Waals surface area contributed by atoms with Crippen molar-refractivity contribution in [1.82, 2.24) is 4.90 Å². The fourth-order valence-corrected chi connectivity index (χ4v) is 2.88. The number of nitrogens with zero attached hydrogens (tertiary/aromatic N) is 1. The summed E-state index contributed by atoms with van der Waals surface area (Å²) in [5, 5.41) is 8.81. The van der Waals surface area contributed by atoms with E-state index < -0.39 is 11.9 Å². The highest BCUT2D eigenvalue weighted by molar-refractivity contribution is 6.05. The molecule has 2 fully saturated rings. The van der Waals surface area contributed by atoms with Crippen LogP contribution in [-0.2, 0) is 14.4 Å². The highest BCUT2D eigenvalue weighted by atomic mass is 16.4. The second-order valence-electron chi connectivity index (χ2n) is 5.32. The molecule has 5 nitrogen and oxygen atoms in total. The molecule has 3 atom stereocenters. The molecule has 1 aliphatic heterocycles. The van der Waals surface area contributed by atoms with E-state index in [0.717, 1.165) is 17.7 Å². The van der Waals surface area contributed by atoms with E-state index in [4.69, 9.17) is 5.11 Å². The number of aliphatic carboxylic acids is 1. The van der Waals surface area contributed by atoms with Crippen LogP contribution < -0.4 is 0 Å². The van der Waals surface area contributed by atoms with Crippen molar-refractivity contribution in [2.24, 2.45) is 23.7 Å². The monoisotopic (exact) mass is 239 g/mol. The molecule has 2 aliphatic rings. The molecule has 1 saturated carbocycles. The van der Waals surface area contributed by atoms with E-state index >= 15 is 0 Å². The lowest BCUT2D eigenvalue weighted by Gasteiger charge is -2.18. The Morgan fingerprint density at radius 1 is 1.35 bits per heavy atom. The molecule has 3 unspecified atom stereocenters. The number of rotatable bonds is 3. The SMILES string of the molecule is CC1CC2C(=O)N(CC(C)C(=O)O)C(=O)C2C1. The van der Waals surface area contributed by atoms with Gasteiger partial charge < -0.3 is 5.11 Å². The van der Waals surface area contributed by atoms with Crippen molar-refractivity contribution in [3.8, 4) is 0 Å². The average Bonchev–Trinajstić information content (AvgIpc) is 2.73. The Morgan fingerprint density at radius 3 is 2.24 bits per heavy atom. The number of carboxylic acid groups (broad SMARTS) is 1. The number of amides is 2. The Balaban J connectivity index is 2.09. The van der Waals surface area contributed by atoms with Crippen LogP contribution in [0, 0.1) is 23.7 Å². The van der Waals surface area contributed by atoms with Gasteiger partial charge in [-0.25, -0.2) is 0 Å². The predicted molar refractivity (Wildman–Crippen MR) is 58.9 cm³/mol. The second-order valence-corrected chi connectivity index (χ2v) is 5.32. The maximum atomic E-state index is 12.0. The van der Waals surface area contributed by atoms with Gasteiger partial charge in [0.2, 0.25) is 11.8 Å². The smallest absolute Gasteiger partial charge is 0.308 e.